The summed E-state index contributed by atoms with van der Waals surface area (Å²) < 4.78 is 18.0. The van der Waals surface area contributed by atoms with Crippen LogP contribution in [-0.4, -0.2) is 32.0 Å². The molecule has 0 fully saturated rings. The summed E-state index contributed by atoms with van der Waals surface area (Å²) in [6.07, 6.45) is 6.65. The van der Waals surface area contributed by atoms with Crippen molar-refractivity contribution in [2.45, 2.75) is 12.8 Å². The highest BCUT2D eigenvalue weighted by molar-refractivity contribution is 6.21. The van der Waals surface area contributed by atoms with Crippen molar-refractivity contribution >= 4 is 148 Å². The van der Waals surface area contributed by atoms with Crippen LogP contribution in [0.3, 0.4) is 0 Å². The lowest BCUT2D eigenvalue weighted by Crippen LogP contribution is -2.18. The van der Waals surface area contributed by atoms with Gasteiger partial charge in [-0.15, -0.1) is 0 Å². The Bertz CT molecular complexity index is 8290. The number of fused-ring (bicyclic) bond motifs is 21. The van der Waals surface area contributed by atoms with Crippen molar-refractivity contribution in [3.8, 4) is 79.3 Å². The zero-order valence-electron chi connectivity index (χ0n) is 63.4. The van der Waals surface area contributed by atoms with Crippen LogP contribution < -0.4 is 0 Å². The van der Waals surface area contributed by atoms with E-state index in [1.54, 1.807) is 0 Å². The lowest BCUT2D eigenvalue weighted by molar-refractivity contribution is 0.888. The first kappa shape index (κ1) is 64.9. The molecule has 0 saturated carbocycles. The molecule has 117 heavy (non-hydrogen) atoms. The largest absolute Gasteiger partial charge is 0.313 e. The molecule has 7 aromatic heterocycles. The summed E-state index contributed by atoms with van der Waals surface area (Å²) >= 11 is 0. The molecule has 8 heteroatoms. The Morgan fingerprint density at radius 2 is 0.470 bits per heavy atom. The van der Waals surface area contributed by atoms with Crippen LogP contribution in [0.5, 0.6) is 0 Å². The number of benzene rings is 17. The van der Waals surface area contributed by atoms with Gasteiger partial charge in [-0.25, -0.2) is 0 Å². The topological polar surface area (TPSA) is 58.3 Å². The van der Waals surface area contributed by atoms with E-state index in [0.717, 1.165) is 195 Å². The Labute approximate surface area is 671 Å². The summed E-state index contributed by atoms with van der Waals surface area (Å²) in [5, 5.41) is 26.0. The fraction of sp³-hybridized carbons (Fsp3) is 0.0183. The van der Waals surface area contributed by atoms with Gasteiger partial charge in [-0.2, -0.15) is 5.26 Å². The van der Waals surface area contributed by atoms with E-state index in [-0.39, 0.29) is 0 Å². The SMILES string of the molecule is N#Cc1ccc(-c2c(-n3c4ccccc4c4cc(-c5ccc6c(c5)c5c(n6-c6ccccc6)CCC=C5)ccc43)c(-n3c4ccccc4c4ccccc43)c(-n3c4ccccc4c4ccccc43)c(-n3c4ccccc4c4ccccc43)c2-n2c3ccccc3c3cc(-c4ccc5c(c4)c4ccccc4n5-c4ccccc4)ccc32)cc1. The van der Waals surface area contributed by atoms with Crippen molar-refractivity contribution < 1.29 is 0 Å². The Morgan fingerprint density at radius 3 is 0.821 bits per heavy atom. The minimum absolute atomic E-state index is 0.567. The molecule has 0 saturated heterocycles. The van der Waals surface area contributed by atoms with Crippen LogP contribution in [0.15, 0.2) is 382 Å². The molecule has 0 radical (unpaired) electrons. The number of hydrogen-bond donors (Lipinski definition) is 0. The van der Waals surface area contributed by atoms with E-state index < -0.39 is 0 Å². The number of aromatic nitrogens is 7. The van der Waals surface area contributed by atoms with Crippen LogP contribution in [0, 0.1) is 11.3 Å². The van der Waals surface area contributed by atoms with Gasteiger partial charge in [-0.1, -0.05) is 249 Å². The summed E-state index contributed by atoms with van der Waals surface area (Å²) in [5.41, 5.74) is 30.7. The van der Waals surface area contributed by atoms with Gasteiger partial charge >= 0.3 is 0 Å². The third-order valence-electron chi connectivity index (χ3n) is 25.2. The predicted octanol–water partition coefficient (Wildman–Crippen LogP) is 28.0. The van der Waals surface area contributed by atoms with Gasteiger partial charge in [0.2, 0.25) is 0 Å². The minimum Gasteiger partial charge on any atom is -0.313 e. The summed E-state index contributed by atoms with van der Waals surface area (Å²) in [6.45, 7) is 0. The lowest BCUT2D eigenvalue weighted by atomic mass is 9.94. The highest BCUT2D eigenvalue weighted by Gasteiger charge is 2.37. The second-order valence-corrected chi connectivity index (χ2v) is 31.2. The van der Waals surface area contributed by atoms with E-state index >= 15 is 0 Å². The second-order valence-electron chi connectivity index (χ2n) is 31.2. The van der Waals surface area contributed by atoms with E-state index in [2.05, 4.69) is 414 Å². The van der Waals surface area contributed by atoms with Gasteiger partial charge in [-0.3, -0.25) is 0 Å². The maximum Gasteiger partial charge on any atom is 0.0991 e. The molecule has 1 aliphatic carbocycles. The van der Waals surface area contributed by atoms with Crippen molar-refractivity contribution in [2.24, 2.45) is 0 Å². The molecule has 8 nitrogen and oxygen atoms in total. The van der Waals surface area contributed by atoms with Gasteiger partial charge in [-0.05, 0) is 180 Å². The molecule has 0 amide bonds. The molecule has 0 spiro atoms. The van der Waals surface area contributed by atoms with Gasteiger partial charge in [0.1, 0.15) is 0 Å². The third-order valence-corrected chi connectivity index (χ3v) is 25.2. The zero-order chi connectivity index (χ0) is 76.7. The smallest absolute Gasteiger partial charge is 0.0991 e. The molecule has 1 aliphatic rings. The number of rotatable bonds is 10. The average Bonchev–Trinajstić information content (AvgIpc) is 1.60. The monoisotopic (exact) mass is 1490 g/mol. The van der Waals surface area contributed by atoms with Gasteiger partial charge in [0.25, 0.3) is 0 Å². The maximum absolute atomic E-state index is 11.1. The number of hydrogen-bond acceptors (Lipinski definition) is 1. The Balaban J connectivity index is 0.891. The standard InChI is InChI=1S/C109H68N8/c110-67-68-51-53-69(54-52-68)104-105(113-98-49-25-15-39-84(98)88-65-72(57-61-102(88)113)70-55-59-100-86(63-70)82-37-13-17-41-90(82)111(100)74-27-3-1-4-28-74)107(115-92-43-19-7-31-76(92)77-32-8-20-44-93(77)115)109(117-96-47-23-11-35-80(96)81-36-12-24-48-97(81)117)108(116-94-45-21-9-33-78(94)79-34-10-22-46-95(79)116)106(104)114-99-50-26-16-40-85(99)89-66-73(58-62-103(89)114)71-56-60-101-87(64-71)83-38-14-18-42-91(83)112(101)75-29-5-2-6-30-75/h1-17,19-41,43-66H,18,42H2. The first-order valence-electron chi connectivity index (χ1n) is 40.3. The summed E-state index contributed by atoms with van der Waals surface area (Å²) in [7, 11) is 0. The second kappa shape index (κ2) is 25.2. The van der Waals surface area contributed by atoms with E-state index in [9.17, 15) is 5.26 Å². The molecule has 544 valence electrons. The van der Waals surface area contributed by atoms with Gasteiger partial charge in [0.05, 0.1) is 112 Å². The van der Waals surface area contributed by atoms with E-state index in [0.29, 0.717) is 5.56 Å². The molecule has 0 N–H and O–H groups in total. The summed E-state index contributed by atoms with van der Waals surface area (Å²) in [4.78, 5) is 0. The average molecular weight is 1490 g/mol. The Kier molecular flexibility index (Phi) is 14.0. The van der Waals surface area contributed by atoms with Crippen LogP contribution >= 0.6 is 0 Å². The van der Waals surface area contributed by atoms with Gasteiger partial charge in [0, 0.05) is 98.2 Å². The highest BCUT2D eigenvalue weighted by atomic mass is 15.2. The van der Waals surface area contributed by atoms with Gasteiger partial charge < -0.3 is 32.0 Å². The zero-order valence-corrected chi connectivity index (χ0v) is 63.4. The van der Waals surface area contributed by atoms with Gasteiger partial charge in [0.15, 0.2) is 0 Å². The van der Waals surface area contributed by atoms with Crippen LogP contribution in [0.2, 0.25) is 0 Å². The van der Waals surface area contributed by atoms with E-state index in [4.69, 9.17) is 0 Å². The number of para-hydroxylation sites is 11. The van der Waals surface area contributed by atoms with Crippen LogP contribution in [0.25, 0.3) is 221 Å². The summed E-state index contributed by atoms with van der Waals surface area (Å²) in [5.74, 6) is 0. The Hall–Kier alpha value is -15.7. The van der Waals surface area contributed by atoms with Crippen molar-refractivity contribution in [1.82, 2.24) is 32.0 Å². The third kappa shape index (κ3) is 9.33. The van der Waals surface area contributed by atoms with Crippen molar-refractivity contribution in [2.75, 3.05) is 0 Å². The minimum atomic E-state index is 0.567. The molecule has 0 bridgehead atoms. The van der Waals surface area contributed by atoms with E-state index in [1.165, 1.54) is 44.1 Å². The van der Waals surface area contributed by atoms with Crippen LogP contribution in [-0.2, 0) is 6.42 Å². The van der Waals surface area contributed by atoms with Crippen LogP contribution in [0.1, 0.15) is 23.2 Å². The molecule has 7 heterocycles. The molecule has 25 rings (SSSR count). The lowest BCUT2D eigenvalue weighted by Gasteiger charge is -2.32. The van der Waals surface area contributed by atoms with Crippen molar-refractivity contribution in [1.29, 1.82) is 5.26 Å². The molecule has 0 atom stereocenters. The fourth-order valence-corrected chi connectivity index (χ4v) is 20.3. The molecule has 24 aromatic rings. The molecule has 0 unspecified atom stereocenters. The number of nitriles is 1. The van der Waals surface area contributed by atoms with Crippen molar-refractivity contribution in [3.05, 3.63) is 399 Å². The summed E-state index contributed by atoms with van der Waals surface area (Å²) in [6, 6.07) is 142. The number of nitrogens with zero attached hydrogens (tertiary/aromatic N) is 8. The predicted molar refractivity (Wildman–Crippen MR) is 488 cm³/mol. The molecule has 17 aromatic carbocycles. The normalized spacial score (nSPS) is 12.5. The van der Waals surface area contributed by atoms with Crippen LogP contribution in [0.4, 0.5) is 0 Å². The maximum atomic E-state index is 11.1. The number of allylic oxidation sites excluding steroid dienone is 1. The quantitative estimate of drug-likeness (QED) is 0.135. The molecule has 0 aliphatic heterocycles. The van der Waals surface area contributed by atoms with Crippen molar-refractivity contribution in [3.63, 3.8) is 0 Å². The molecular formula is C109H68N8. The first-order valence-corrected chi connectivity index (χ1v) is 40.3. The first-order chi connectivity index (χ1) is 58.1. The molecular weight excluding hydrogens is 1420 g/mol. The van der Waals surface area contributed by atoms with E-state index in [1.807, 2.05) is 12.1 Å². The highest BCUT2D eigenvalue weighted by Crippen LogP contribution is 2.55. The fourth-order valence-electron chi connectivity index (χ4n) is 20.3. The Morgan fingerprint density at radius 1 is 0.214 bits per heavy atom.